The fraction of sp³-hybridized carbons (Fsp3) is 0.133. The number of ether oxygens (including phenoxy) is 2. The van der Waals surface area contributed by atoms with Gasteiger partial charge in [-0.3, -0.25) is 0 Å². The highest BCUT2D eigenvalue weighted by Crippen LogP contribution is 2.23. The predicted molar refractivity (Wildman–Crippen MR) is 73.5 cm³/mol. The third-order valence-corrected chi connectivity index (χ3v) is 2.83. The Labute approximate surface area is 117 Å². The van der Waals surface area contributed by atoms with Crippen molar-refractivity contribution >= 4 is 11.6 Å². The number of benzene rings is 2. The first-order valence-electron chi connectivity index (χ1n) is 5.68. The molecule has 0 aliphatic rings. The van der Waals surface area contributed by atoms with Gasteiger partial charge < -0.3 is 9.47 Å². The smallest absolute Gasteiger partial charge is 0.137 e. The average Bonchev–Trinajstić information content (AvgIpc) is 2.46. The summed E-state index contributed by atoms with van der Waals surface area (Å²) >= 11 is 5.83. The van der Waals surface area contributed by atoms with Gasteiger partial charge in [0, 0.05) is 5.02 Å². The molecule has 0 unspecified atom stereocenters. The van der Waals surface area contributed by atoms with Crippen LogP contribution >= 0.6 is 11.6 Å². The molecular formula is C15H12ClNO2. The molecule has 3 nitrogen and oxygen atoms in total. The van der Waals surface area contributed by atoms with E-state index in [0.29, 0.717) is 22.9 Å². The van der Waals surface area contributed by atoms with Crippen LogP contribution in [0.2, 0.25) is 5.02 Å². The van der Waals surface area contributed by atoms with Crippen molar-refractivity contribution in [2.75, 3.05) is 7.11 Å². The van der Waals surface area contributed by atoms with Gasteiger partial charge >= 0.3 is 0 Å². The minimum atomic E-state index is 0.369. The summed E-state index contributed by atoms with van der Waals surface area (Å²) in [7, 11) is 1.62. The third kappa shape index (κ3) is 3.40. The zero-order valence-corrected chi connectivity index (χ0v) is 11.1. The van der Waals surface area contributed by atoms with Gasteiger partial charge in [0.05, 0.1) is 12.7 Å². The zero-order chi connectivity index (χ0) is 13.7. The van der Waals surface area contributed by atoms with Gasteiger partial charge in [0.15, 0.2) is 0 Å². The molecule has 0 amide bonds. The molecule has 96 valence electrons. The second-order valence-electron chi connectivity index (χ2n) is 3.89. The van der Waals surface area contributed by atoms with Crippen molar-refractivity contribution in [3.63, 3.8) is 0 Å². The van der Waals surface area contributed by atoms with Crippen LogP contribution in [-0.4, -0.2) is 7.11 Å². The summed E-state index contributed by atoms with van der Waals surface area (Å²) in [5.74, 6) is 1.30. The van der Waals surface area contributed by atoms with Gasteiger partial charge in [0.2, 0.25) is 0 Å². The number of nitriles is 1. The molecule has 19 heavy (non-hydrogen) atoms. The number of methoxy groups -OCH3 is 1. The van der Waals surface area contributed by atoms with Gasteiger partial charge in [-0.1, -0.05) is 23.7 Å². The Bertz CT molecular complexity index is 620. The first kappa shape index (κ1) is 13.3. The Morgan fingerprint density at radius 2 is 2.05 bits per heavy atom. The van der Waals surface area contributed by atoms with Crippen LogP contribution in [0.3, 0.4) is 0 Å². The number of nitrogens with zero attached hydrogens (tertiary/aromatic N) is 1. The highest BCUT2D eigenvalue weighted by molar-refractivity contribution is 6.30. The minimum Gasteiger partial charge on any atom is -0.497 e. The van der Waals surface area contributed by atoms with Crippen molar-refractivity contribution in [1.29, 1.82) is 5.26 Å². The van der Waals surface area contributed by atoms with Crippen LogP contribution in [0.25, 0.3) is 0 Å². The van der Waals surface area contributed by atoms with Gasteiger partial charge in [-0.15, -0.1) is 0 Å². The predicted octanol–water partition coefficient (Wildman–Crippen LogP) is 3.80. The van der Waals surface area contributed by atoms with Crippen molar-refractivity contribution in [2.45, 2.75) is 6.61 Å². The molecule has 2 aromatic rings. The summed E-state index contributed by atoms with van der Waals surface area (Å²) in [6.45, 7) is 0.369. The molecule has 2 rings (SSSR count). The van der Waals surface area contributed by atoms with Crippen LogP contribution in [-0.2, 0) is 6.61 Å². The Kier molecular flexibility index (Phi) is 4.27. The third-order valence-electron chi connectivity index (χ3n) is 2.59. The van der Waals surface area contributed by atoms with Crippen molar-refractivity contribution in [3.8, 4) is 17.6 Å². The number of halogens is 1. The van der Waals surface area contributed by atoms with Gasteiger partial charge in [-0.05, 0) is 35.9 Å². The fourth-order valence-electron chi connectivity index (χ4n) is 1.64. The van der Waals surface area contributed by atoms with E-state index in [1.54, 1.807) is 25.3 Å². The minimum absolute atomic E-state index is 0.369. The lowest BCUT2D eigenvalue weighted by molar-refractivity contribution is 0.304. The molecular weight excluding hydrogens is 262 g/mol. The second kappa shape index (κ2) is 6.12. The highest BCUT2D eigenvalue weighted by Gasteiger charge is 2.05. The summed E-state index contributed by atoms with van der Waals surface area (Å²) in [4.78, 5) is 0. The molecule has 0 fully saturated rings. The van der Waals surface area contributed by atoms with E-state index in [4.69, 9.17) is 26.3 Å². The van der Waals surface area contributed by atoms with E-state index in [1.807, 2.05) is 24.3 Å². The molecule has 0 aliphatic heterocycles. The summed E-state index contributed by atoms with van der Waals surface area (Å²) in [5, 5.41) is 9.53. The molecule has 4 heteroatoms. The molecule has 0 N–H and O–H groups in total. The lowest BCUT2D eigenvalue weighted by Gasteiger charge is -2.09. The van der Waals surface area contributed by atoms with E-state index in [1.165, 1.54) is 0 Å². The van der Waals surface area contributed by atoms with Crippen LogP contribution in [0.5, 0.6) is 11.5 Å². The summed E-state index contributed by atoms with van der Waals surface area (Å²) < 4.78 is 10.8. The van der Waals surface area contributed by atoms with Crippen LogP contribution in [0, 0.1) is 11.3 Å². The maximum atomic E-state index is 9.01. The van der Waals surface area contributed by atoms with Crippen molar-refractivity contribution < 1.29 is 9.47 Å². The fourth-order valence-corrected chi connectivity index (χ4v) is 1.81. The quantitative estimate of drug-likeness (QED) is 0.851. The van der Waals surface area contributed by atoms with Crippen LogP contribution in [0.1, 0.15) is 11.1 Å². The number of hydrogen-bond donors (Lipinski definition) is 0. The Morgan fingerprint density at radius 1 is 1.21 bits per heavy atom. The van der Waals surface area contributed by atoms with Crippen LogP contribution < -0.4 is 9.47 Å². The van der Waals surface area contributed by atoms with Crippen LogP contribution in [0.4, 0.5) is 0 Å². The molecule has 0 atom stereocenters. The molecule has 0 radical (unpaired) electrons. The number of hydrogen-bond acceptors (Lipinski definition) is 3. The molecule has 0 aromatic heterocycles. The Balaban J connectivity index is 2.12. The first-order chi connectivity index (χ1) is 9.22. The maximum absolute atomic E-state index is 9.01. The lowest BCUT2D eigenvalue weighted by atomic mass is 10.2. The summed E-state index contributed by atoms with van der Waals surface area (Å²) in [5.41, 5.74) is 1.40. The van der Waals surface area contributed by atoms with E-state index >= 15 is 0 Å². The Hall–Kier alpha value is -2.18. The standard InChI is InChI=1S/C15H12ClNO2/c1-18-14-4-2-3-11(7-14)10-19-15-6-5-13(16)8-12(15)9-17/h2-8H,10H2,1H3. The molecule has 0 saturated heterocycles. The average molecular weight is 274 g/mol. The van der Waals surface area contributed by atoms with E-state index < -0.39 is 0 Å². The number of rotatable bonds is 4. The van der Waals surface area contributed by atoms with Gasteiger partial charge in [-0.2, -0.15) is 5.26 Å². The molecule has 0 spiro atoms. The molecule has 0 aliphatic carbocycles. The van der Waals surface area contributed by atoms with Gasteiger partial charge in [0.25, 0.3) is 0 Å². The van der Waals surface area contributed by atoms with Gasteiger partial charge in [-0.25, -0.2) is 0 Å². The first-order valence-corrected chi connectivity index (χ1v) is 6.06. The van der Waals surface area contributed by atoms with E-state index in [2.05, 4.69) is 6.07 Å². The Morgan fingerprint density at radius 3 is 2.79 bits per heavy atom. The van der Waals surface area contributed by atoms with Crippen LogP contribution in [0.15, 0.2) is 42.5 Å². The van der Waals surface area contributed by atoms with Crippen molar-refractivity contribution in [2.24, 2.45) is 0 Å². The lowest BCUT2D eigenvalue weighted by Crippen LogP contribution is -1.97. The van der Waals surface area contributed by atoms with E-state index in [-0.39, 0.29) is 0 Å². The van der Waals surface area contributed by atoms with Crippen molar-refractivity contribution in [3.05, 3.63) is 58.6 Å². The monoisotopic (exact) mass is 273 g/mol. The molecule has 0 heterocycles. The summed E-state index contributed by atoms with van der Waals surface area (Å²) in [6, 6.07) is 14.6. The molecule has 0 bridgehead atoms. The van der Waals surface area contributed by atoms with Gasteiger partial charge in [0.1, 0.15) is 24.2 Å². The normalized spacial score (nSPS) is 9.74. The largest absolute Gasteiger partial charge is 0.497 e. The maximum Gasteiger partial charge on any atom is 0.137 e. The summed E-state index contributed by atoms with van der Waals surface area (Å²) in [6.07, 6.45) is 0. The molecule has 0 saturated carbocycles. The topological polar surface area (TPSA) is 42.2 Å². The SMILES string of the molecule is COc1cccc(COc2ccc(Cl)cc2C#N)c1. The van der Waals surface area contributed by atoms with E-state index in [0.717, 1.165) is 11.3 Å². The van der Waals surface area contributed by atoms with Crippen molar-refractivity contribution in [1.82, 2.24) is 0 Å². The highest BCUT2D eigenvalue weighted by atomic mass is 35.5. The second-order valence-corrected chi connectivity index (χ2v) is 4.33. The zero-order valence-electron chi connectivity index (χ0n) is 10.4. The van der Waals surface area contributed by atoms with E-state index in [9.17, 15) is 0 Å². The molecule has 2 aromatic carbocycles.